The van der Waals surface area contributed by atoms with E-state index in [1.807, 2.05) is 12.1 Å². The minimum Gasteiger partial charge on any atom is -0.478 e. The molecule has 1 aromatic heterocycles. The lowest BCUT2D eigenvalue weighted by Gasteiger charge is -1.94. The molecule has 0 unspecified atom stereocenters. The van der Waals surface area contributed by atoms with Gasteiger partial charge in [-0.3, -0.25) is 0 Å². The summed E-state index contributed by atoms with van der Waals surface area (Å²) in [6.45, 7) is 0.457. The molecule has 4 heteroatoms. The van der Waals surface area contributed by atoms with Crippen LogP contribution in [0.15, 0.2) is 24.3 Å². The molecule has 3 nitrogen and oxygen atoms in total. The van der Waals surface area contributed by atoms with Gasteiger partial charge >= 0.3 is 5.97 Å². The largest absolute Gasteiger partial charge is 0.478 e. The van der Waals surface area contributed by atoms with Gasteiger partial charge in [-0.15, -0.1) is 11.3 Å². The van der Waals surface area contributed by atoms with Crippen molar-refractivity contribution >= 4 is 27.4 Å². The third-order valence-electron chi connectivity index (χ3n) is 2.04. The van der Waals surface area contributed by atoms with Crippen LogP contribution in [0.5, 0.6) is 0 Å². The molecular formula is C10H9NO2S. The first-order valence-corrected chi connectivity index (χ1v) is 4.99. The highest BCUT2D eigenvalue weighted by atomic mass is 32.1. The quantitative estimate of drug-likeness (QED) is 0.792. The van der Waals surface area contributed by atoms with E-state index in [1.165, 1.54) is 0 Å². The van der Waals surface area contributed by atoms with Crippen molar-refractivity contribution in [2.75, 3.05) is 0 Å². The third kappa shape index (κ3) is 1.38. The summed E-state index contributed by atoms with van der Waals surface area (Å²) in [7, 11) is 0. The van der Waals surface area contributed by atoms with Gasteiger partial charge in [0, 0.05) is 21.5 Å². The van der Waals surface area contributed by atoms with Crippen LogP contribution in [0.2, 0.25) is 0 Å². The highest BCUT2D eigenvalue weighted by molar-refractivity contribution is 7.19. The zero-order valence-electron chi connectivity index (χ0n) is 7.36. The van der Waals surface area contributed by atoms with Gasteiger partial charge in [0.1, 0.15) is 0 Å². The third-order valence-corrected chi connectivity index (χ3v) is 3.17. The second-order valence-electron chi connectivity index (χ2n) is 2.94. The van der Waals surface area contributed by atoms with Crippen LogP contribution in [-0.2, 0) is 6.54 Å². The maximum Gasteiger partial charge on any atom is 0.336 e. The molecule has 0 amide bonds. The fourth-order valence-corrected chi connectivity index (χ4v) is 2.37. The van der Waals surface area contributed by atoms with Crippen molar-refractivity contribution in [3.63, 3.8) is 0 Å². The first kappa shape index (κ1) is 9.18. The minimum atomic E-state index is -0.892. The molecule has 1 aromatic carbocycles. The summed E-state index contributed by atoms with van der Waals surface area (Å²) in [5.41, 5.74) is 5.85. The monoisotopic (exact) mass is 207 g/mol. The topological polar surface area (TPSA) is 63.3 Å². The molecule has 72 valence electrons. The van der Waals surface area contributed by atoms with E-state index in [4.69, 9.17) is 10.8 Å². The Balaban J connectivity index is 2.73. The van der Waals surface area contributed by atoms with Gasteiger partial charge in [0.25, 0.3) is 0 Å². The number of carbonyl (C=O) groups is 1. The van der Waals surface area contributed by atoms with Gasteiger partial charge < -0.3 is 10.8 Å². The fraction of sp³-hybridized carbons (Fsp3) is 0.100. The van der Waals surface area contributed by atoms with Crippen molar-refractivity contribution in [1.29, 1.82) is 0 Å². The zero-order valence-corrected chi connectivity index (χ0v) is 8.17. The minimum absolute atomic E-state index is 0.346. The Labute approximate surface area is 84.8 Å². The van der Waals surface area contributed by atoms with Crippen LogP contribution in [-0.4, -0.2) is 11.1 Å². The van der Waals surface area contributed by atoms with Crippen molar-refractivity contribution in [3.8, 4) is 0 Å². The van der Waals surface area contributed by atoms with E-state index in [9.17, 15) is 4.79 Å². The standard InChI is InChI=1S/C10H9NO2S/c11-5-6-4-8-7(10(12)13)2-1-3-9(8)14-6/h1-4H,5,11H2,(H,12,13). The van der Waals surface area contributed by atoms with E-state index >= 15 is 0 Å². The zero-order chi connectivity index (χ0) is 10.1. The molecule has 0 fully saturated rings. The number of carboxylic acid groups (broad SMARTS) is 1. The summed E-state index contributed by atoms with van der Waals surface area (Å²) in [5.74, 6) is -0.892. The first-order valence-electron chi connectivity index (χ1n) is 4.17. The molecule has 1 heterocycles. The summed E-state index contributed by atoms with van der Waals surface area (Å²) >= 11 is 1.54. The van der Waals surface area contributed by atoms with E-state index in [2.05, 4.69) is 0 Å². The molecule has 0 saturated carbocycles. The van der Waals surface area contributed by atoms with Crippen molar-refractivity contribution in [1.82, 2.24) is 0 Å². The van der Waals surface area contributed by atoms with Crippen LogP contribution >= 0.6 is 11.3 Å². The highest BCUT2D eigenvalue weighted by Gasteiger charge is 2.10. The Morgan fingerprint density at radius 3 is 2.93 bits per heavy atom. The molecule has 0 bridgehead atoms. The number of rotatable bonds is 2. The van der Waals surface area contributed by atoms with Crippen LogP contribution in [0, 0.1) is 0 Å². The average Bonchev–Trinajstić information content (AvgIpc) is 2.59. The van der Waals surface area contributed by atoms with Crippen LogP contribution < -0.4 is 5.73 Å². The lowest BCUT2D eigenvalue weighted by Crippen LogP contribution is -1.95. The lowest BCUT2D eigenvalue weighted by molar-refractivity contribution is 0.0699. The summed E-state index contributed by atoms with van der Waals surface area (Å²) in [6, 6.07) is 7.12. The molecule has 0 aliphatic carbocycles. The molecule has 2 rings (SSSR count). The second-order valence-corrected chi connectivity index (χ2v) is 4.11. The van der Waals surface area contributed by atoms with Gasteiger partial charge in [0.15, 0.2) is 0 Å². The van der Waals surface area contributed by atoms with E-state index < -0.39 is 5.97 Å². The Kier molecular flexibility index (Phi) is 2.23. The summed E-state index contributed by atoms with van der Waals surface area (Å²) in [4.78, 5) is 11.9. The Morgan fingerprint density at radius 1 is 1.50 bits per heavy atom. The van der Waals surface area contributed by atoms with Gasteiger partial charge in [0.05, 0.1) is 5.56 Å². The molecule has 2 aromatic rings. The Bertz CT molecular complexity index is 490. The number of hydrogen-bond donors (Lipinski definition) is 2. The molecule has 0 spiro atoms. The Hall–Kier alpha value is -1.39. The molecule has 14 heavy (non-hydrogen) atoms. The van der Waals surface area contributed by atoms with Gasteiger partial charge in [-0.25, -0.2) is 4.79 Å². The van der Waals surface area contributed by atoms with Gasteiger partial charge in [-0.2, -0.15) is 0 Å². The van der Waals surface area contributed by atoms with E-state index in [0.717, 1.165) is 15.0 Å². The van der Waals surface area contributed by atoms with Crippen LogP contribution in [0.3, 0.4) is 0 Å². The molecule has 0 atom stereocenters. The number of nitrogens with two attached hydrogens (primary N) is 1. The predicted molar refractivity (Wildman–Crippen MR) is 56.7 cm³/mol. The highest BCUT2D eigenvalue weighted by Crippen LogP contribution is 2.27. The van der Waals surface area contributed by atoms with E-state index in [1.54, 1.807) is 23.5 Å². The fourth-order valence-electron chi connectivity index (χ4n) is 1.40. The van der Waals surface area contributed by atoms with Crippen molar-refractivity contribution < 1.29 is 9.90 Å². The normalized spacial score (nSPS) is 10.6. The first-order chi connectivity index (χ1) is 6.72. The maximum atomic E-state index is 10.9. The van der Waals surface area contributed by atoms with E-state index in [-0.39, 0.29) is 0 Å². The summed E-state index contributed by atoms with van der Waals surface area (Å²) in [6.07, 6.45) is 0. The Morgan fingerprint density at radius 2 is 2.29 bits per heavy atom. The van der Waals surface area contributed by atoms with E-state index in [0.29, 0.717) is 12.1 Å². The number of hydrogen-bond acceptors (Lipinski definition) is 3. The van der Waals surface area contributed by atoms with Gasteiger partial charge in [0.2, 0.25) is 0 Å². The molecule has 0 saturated heterocycles. The van der Waals surface area contributed by atoms with Gasteiger partial charge in [-0.1, -0.05) is 6.07 Å². The smallest absolute Gasteiger partial charge is 0.336 e. The number of benzene rings is 1. The van der Waals surface area contributed by atoms with Crippen molar-refractivity contribution in [3.05, 3.63) is 34.7 Å². The molecule has 3 N–H and O–H groups in total. The summed E-state index contributed by atoms with van der Waals surface area (Å²) in [5, 5.41) is 9.72. The molecule has 0 aliphatic rings. The molecule has 0 radical (unpaired) electrons. The number of aromatic carboxylic acids is 1. The maximum absolute atomic E-state index is 10.9. The van der Waals surface area contributed by atoms with Gasteiger partial charge in [-0.05, 0) is 18.2 Å². The van der Waals surface area contributed by atoms with Crippen LogP contribution in [0.25, 0.3) is 10.1 Å². The van der Waals surface area contributed by atoms with Crippen LogP contribution in [0.1, 0.15) is 15.2 Å². The summed E-state index contributed by atoms with van der Waals surface area (Å²) < 4.78 is 0.977. The second kappa shape index (κ2) is 3.40. The lowest BCUT2D eigenvalue weighted by atomic mass is 10.1. The van der Waals surface area contributed by atoms with Crippen molar-refractivity contribution in [2.24, 2.45) is 5.73 Å². The number of thiophene rings is 1. The molecule has 0 aliphatic heterocycles. The molecular weight excluding hydrogens is 198 g/mol. The number of fused-ring (bicyclic) bond motifs is 1. The average molecular weight is 207 g/mol. The SMILES string of the molecule is NCc1cc2c(C(=O)O)cccc2s1. The number of carboxylic acids is 1. The van der Waals surface area contributed by atoms with Crippen molar-refractivity contribution in [2.45, 2.75) is 6.54 Å². The van der Waals surface area contributed by atoms with Crippen LogP contribution in [0.4, 0.5) is 0 Å². The predicted octanol–water partition coefficient (Wildman–Crippen LogP) is 2.06.